The predicted octanol–water partition coefficient (Wildman–Crippen LogP) is 5.70. The molecule has 1 aliphatic carbocycles. The number of carbonyl (C=O) groups is 2. The second kappa shape index (κ2) is 9.62. The van der Waals surface area contributed by atoms with Crippen molar-refractivity contribution < 1.29 is 14.3 Å². The third kappa shape index (κ3) is 4.28. The van der Waals surface area contributed by atoms with Gasteiger partial charge in [0.2, 0.25) is 0 Å². The lowest BCUT2D eigenvalue weighted by molar-refractivity contribution is 0.0600. The van der Waals surface area contributed by atoms with Gasteiger partial charge in [-0.2, -0.15) is 0 Å². The minimum absolute atomic E-state index is 0.0801. The Morgan fingerprint density at radius 3 is 2.56 bits per heavy atom. The number of thiophene rings is 2. The molecule has 3 aromatic rings. The number of amides is 1. The lowest BCUT2D eigenvalue weighted by Gasteiger charge is -2.36. The van der Waals surface area contributed by atoms with Gasteiger partial charge in [0, 0.05) is 46.2 Å². The van der Waals surface area contributed by atoms with Crippen LogP contribution in [-0.4, -0.2) is 60.1 Å². The van der Waals surface area contributed by atoms with Gasteiger partial charge in [-0.3, -0.25) is 4.79 Å². The number of esters is 1. The molecule has 1 amide bonds. The first-order valence-electron chi connectivity index (χ1n) is 10.8. The average Bonchev–Trinajstić information content (AvgIpc) is 3.51. The Bertz CT molecular complexity index is 1310. The molecule has 2 aliphatic rings. The van der Waals surface area contributed by atoms with E-state index in [1.165, 1.54) is 23.3 Å². The lowest BCUT2D eigenvalue weighted by Crippen LogP contribution is -2.51. The molecule has 1 aliphatic heterocycles. The molecular weight excluding hydrogens is 533 g/mol. The zero-order valence-electron chi connectivity index (χ0n) is 18.3. The molecule has 6 nitrogen and oxygen atoms in total. The fourth-order valence-corrected chi connectivity index (χ4v) is 7.80. The van der Waals surface area contributed by atoms with Crippen molar-refractivity contribution in [3.63, 3.8) is 0 Å². The maximum Gasteiger partial charge on any atom is 0.341 e. The number of carbonyl (C=O) groups excluding carboxylic acids is 2. The van der Waals surface area contributed by atoms with Crippen molar-refractivity contribution in [1.82, 2.24) is 9.80 Å². The van der Waals surface area contributed by atoms with Crippen LogP contribution in [0.5, 0.6) is 0 Å². The third-order valence-corrected chi connectivity index (χ3v) is 9.62. The number of ether oxygens (including phenoxy) is 1. The fraction of sp³-hybridized carbons (Fsp3) is 0.348. The number of rotatable bonds is 3. The Hall–Kier alpha value is -1.91. The van der Waals surface area contributed by atoms with Crippen LogP contribution in [-0.2, 0) is 17.6 Å². The first-order valence-corrected chi connectivity index (χ1v) is 13.6. The van der Waals surface area contributed by atoms with Gasteiger partial charge in [-0.25, -0.2) is 4.79 Å². The maximum absolute atomic E-state index is 13.2. The molecule has 5 rings (SSSR count). The Morgan fingerprint density at radius 2 is 1.82 bits per heavy atom. The number of nitrogens with zero attached hydrogens (tertiary/aromatic N) is 2. The highest BCUT2D eigenvalue weighted by Crippen LogP contribution is 2.40. The molecule has 1 N–H and O–H groups in total. The number of fused-ring (bicyclic) bond motifs is 2. The minimum atomic E-state index is -0.332. The van der Waals surface area contributed by atoms with E-state index in [2.05, 4.69) is 5.32 Å². The Kier molecular flexibility index (Phi) is 6.74. The van der Waals surface area contributed by atoms with E-state index in [0.29, 0.717) is 51.8 Å². The SMILES string of the molecule is COC(=O)c1c(NC(=S)N2CCN(C(=O)c3sc4cc(Cl)ccc4c3Cl)CC2)sc2c1CCC2. The van der Waals surface area contributed by atoms with Gasteiger partial charge in [-0.15, -0.1) is 22.7 Å². The molecule has 2 aromatic heterocycles. The number of anilines is 1. The van der Waals surface area contributed by atoms with Crippen molar-refractivity contribution in [2.45, 2.75) is 19.3 Å². The van der Waals surface area contributed by atoms with E-state index in [1.54, 1.807) is 22.3 Å². The van der Waals surface area contributed by atoms with Crippen LogP contribution in [0.25, 0.3) is 10.1 Å². The molecule has 0 radical (unpaired) electrons. The van der Waals surface area contributed by atoms with E-state index < -0.39 is 0 Å². The van der Waals surface area contributed by atoms with Crippen molar-refractivity contribution in [3.8, 4) is 0 Å². The highest BCUT2D eigenvalue weighted by molar-refractivity contribution is 7.80. The Balaban J connectivity index is 1.25. The fourth-order valence-electron chi connectivity index (χ4n) is 4.42. The minimum Gasteiger partial charge on any atom is -0.465 e. The van der Waals surface area contributed by atoms with E-state index in [1.807, 2.05) is 17.0 Å². The molecule has 0 saturated carbocycles. The number of thiocarbonyl (C=S) groups is 1. The summed E-state index contributed by atoms with van der Waals surface area (Å²) in [5.41, 5.74) is 1.69. The van der Waals surface area contributed by atoms with Gasteiger partial charge in [0.05, 0.1) is 17.7 Å². The van der Waals surface area contributed by atoms with Crippen LogP contribution < -0.4 is 5.32 Å². The number of piperazine rings is 1. The monoisotopic (exact) mass is 553 g/mol. The Labute approximate surface area is 220 Å². The van der Waals surface area contributed by atoms with E-state index in [4.69, 9.17) is 40.2 Å². The molecule has 1 aromatic carbocycles. The molecular formula is C23H21Cl2N3O3S3. The number of methoxy groups -OCH3 is 1. The zero-order valence-corrected chi connectivity index (χ0v) is 22.2. The number of halogens is 2. The van der Waals surface area contributed by atoms with Crippen LogP contribution in [0.3, 0.4) is 0 Å². The molecule has 1 saturated heterocycles. The molecule has 0 unspecified atom stereocenters. The van der Waals surface area contributed by atoms with Crippen LogP contribution >= 0.6 is 58.1 Å². The summed E-state index contributed by atoms with van der Waals surface area (Å²) in [5.74, 6) is -0.412. The van der Waals surface area contributed by atoms with E-state index in [0.717, 1.165) is 39.9 Å². The highest BCUT2D eigenvalue weighted by Gasteiger charge is 2.30. The third-order valence-electron chi connectivity index (χ3n) is 6.17. The van der Waals surface area contributed by atoms with Crippen molar-refractivity contribution >= 4 is 90.2 Å². The summed E-state index contributed by atoms with van der Waals surface area (Å²) in [7, 11) is 1.40. The quantitative estimate of drug-likeness (QED) is 0.331. The summed E-state index contributed by atoms with van der Waals surface area (Å²) >= 11 is 21.2. The summed E-state index contributed by atoms with van der Waals surface area (Å²) in [5, 5.41) is 6.50. The molecule has 1 fully saturated rings. The van der Waals surface area contributed by atoms with Gasteiger partial charge in [-0.1, -0.05) is 29.3 Å². The molecule has 178 valence electrons. The van der Waals surface area contributed by atoms with Crippen molar-refractivity contribution in [1.29, 1.82) is 0 Å². The molecule has 0 atom stereocenters. The largest absolute Gasteiger partial charge is 0.465 e. The summed E-state index contributed by atoms with van der Waals surface area (Å²) in [6.07, 6.45) is 2.92. The smallest absolute Gasteiger partial charge is 0.341 e. The molecule has 0 spiro atoms. The summed E-state index contributed by atoms with van der Waals surface area (Å²) in [6, 6.07) is 5.45. The van der Waals surface area contributed by atoms with Gasteiger partial charge >= 0.3 is 5.97 Å². The van der Waals surface area contributed by atoms with Crippen LogP contribution in [0.4, 0.5) is 5.00 Å². The van der Waals surface area contributed by atoms with Crippen LogP contribution in [0, 0.1) is 0 Å². The van der Waals surface area contributed by atoms with Crippen LogP contribution in [0.2, 0.25) is 10.0 Å². The maximum atomic E-state index is 13.2. The first kappa shape index (κ1) is 23.8. The van der Waals surface area contributed by atoms with Crippen molar-refractivity contribution in [3.05, 3.63) is 49.1 Å². The standard InChI is InChI=1S/C23H21Cl2N3O3S3/c1-31-22(30)17-13-3-2-4-15(13)34-20(17)26-23(32)28-9-7-27(8-10-28)21(29)19-18(25)14-6-5-12(24)11-16(14)33-19/h5-6,11H,2-4,7-10H2,1H3,(H,26,32). The number of hydrogen-bond acceptors (Lipinski definition) is 6. The second-order valence-electron chi connectivity index (χ2n) is 8.15. The van der Waals surface area contributed by atoms with Gasteiger partial charge in [-0.05, 0) is 49.2 Å². The van der Waals surface area contributed by atoms with E-state index >= 15 is 0 Å². The average molecular weight is 555 g/mol. The van der Waals surface area contributed by atoms with Gasteiger partial charge in [0.25, 0.3) is 5.91 Å². The number of hydrogen-bond donors (Lipinski definition) is 1. The highest BCUT2D eigenvalue weighted by atomic mass is 35.5. The topological polar surface area (TPSA) is 61.9 Å². The second-order valence-corrected chi connectivity index (χ2v) is 11.5. The van der Waals surface area contributed by atoms with Crippen LogP contribution in [0.15, 0.2) is 18.2 Å². The van der Waals surface area contributed by atoms with E-state index in [9.17, 15) is 9.59 Å². The number of benzene rings is 1. The molecule has 11 heteroatoms. The number of nitrogens with one attached hydrogen (secondary N) is 1. The van der Waals surface area contributed by atoms with Gasteiger partial charge in [0.15, 0.2) is 5.11 Å². The molecule has 0 bridgehead atoms. The normalized spacial score (nSPS) is 15.5. The van der Waals surface area contributed by atoms with Gasteiger partial charge < -0.3 is 19.9 Å². The molecule has 34 heavy (non-hydrogen) atoms. The summed E-state index contributed by atoms with van der Waals surface area (Å²) < 4.78 is 5.91. The summed E-state index contributed by atoms with van der Waals surface area (Å²) in [6.45, 7) is 2.22. The zero-order chi connectivity index (χ0) is 24.0. The van der Waals surface area contributed by atoms with Crippen molar-refractivity contribution in [2.24, 2.45) is 0 Å². The predicted molar refractivity (Wildman–Crippen MR) is 143 cm³/mol. The molecule has 3 heterocycles. The first-order chi connectivity index (χ1) is 16.4. The Morgan fingerprint density at radius 1 is 1.09 bits per heavy atom. The van der Waals surface area contributed by atoms with Crippen LogP contribution in [0.1, 0.15) is 36.9 Å². The lowest BCUT2D eigenvalue weighted by atomic mass is 10.1. The van der Waals surface area contributed by atoms with Gasteiger partial charge in [0.1, 0.15) is 9.88 Å². The number of aryl methyl sites for hydroxylation is 1. The summed E-state index contributed by atoms with van der Waals surface area (Å²) in [4.78, 5) is 31.2. The van der Waals surface area contributed by atoms with E-state index in [-0.39, 0.29) is 11.9 Å². The van der Waals surface area contributed by atoms with Crippen molar-refractivity contribution in [2.75, 3.05) is 38.6 Å².